The van der Waals surface area contributed by atoms with Gasteiger partial charge in [-0.3, -0.25) is 14.6 Å². The van der Waals surface area contributed by atoms with E-state index in [1.54, 1.807) is 7.05 Å². The molecule has 1 aliphatic carbocycles. The van der Waals surface area contributed by atoms with E-state index in [0.717, 1.165) is 44.2 Å². The fraction of sp³-hybridized carbons (Fsp3) is 0.632. The summed E-state index contributed by atoms with van der Waals surface area (Å²) < 4.78 is 19.2. The molecule has 2 heterocycles. The minimum atomic E-state index is -0.199. The molecule has 4 rings (SSSR count). The van der Waals surface area contributed by atoms with E-state index in [-0.39, 0.29) is 23.4 Å². The summed E-state index contributed by atoms with van der Waals surface area (Å²) in [6.07, 6.45) is 2.56. The van der Waals surface area contributed by atoms with Gasteiger partial charge in [0.25, 0.3) is 0 Å². The molecular weight excluding hydrogens is 321 g/mol. The van der Waals surface area contributed by atoms with Crippen molar-refractivity contribution in [2.75, 3.05) is 39.8 Å². The second-order valence-electron chi connectivity index (χ2n) is 7.77. The van der Waals surface area contributed by atoms with E-state index in [2.05, 4.69) is 15.1 Å². The van der Waals surface area contributed by atoms with Gasteiger partial charge in [-0.05, 0) is 36.5 Å². The number of morpholine rings is 1. The van der Waals surface area contributed by atoms with Crippen molar-refractivity contribution in [2.45, 2.75) is 31.0 Å². The van der Waals surface area contributed by atoms with Crippen LogP contribution < -0.4 is 5.32 Å². The first kappa shape index (κ1) is 16.9. The largest absolute Gasteiger partial charge is 0.369 e. The Morgan fingerprint density at radius 1 is 1.28 bits per heavy atom. The summed E-state index contributed by atoms with van der Waals surface area (Å²) in [6, 6.07) is 6.52. The minimum absolute atomic E-state index is 0.0537. The summed E-state index contributed by atoms with van der Waals surface area (Å²) in [7, 11) is 1.69. The summed E-state index contributed by atoms with van der Waals surface area (Å²) >= 11 is 0. The number of benzene rings is 1. The molecule has 0 aromatic heterocycles. The molecule has 3 fully saturated rings. The van der Waals surface area contributed by atoms with Crippen molar-refractivity contribution in [3.05, 3.63) is 35.6 Å². The minimum Gasteiger partial charge on any atom is -0.369 e. The molecule has 1 atom stereocenters. The summed E-state index contributed by atoms with van der Waals surface area (Å²) in [5, 5.41) is 2.77. The van der Waals surface area contributed by atoms with E-state index in [1.807, 2.05) is 12.1 Å². The fourth-order valence-electron chi connectivity index (χ4n) is 4.04. The first-order valence-electron chi connectivity index (χ1n) is 9.13. The van der Waals surface area contributed by atoms with Gasteiger partial charge in [-0.25, -0.2) is 4.39 Å². The lowest BCUT2D eigenvalue weighted by Crippen LogP contribution is -2.72. The zero-order chi connectivity index (χ0) is 17.4. The molecule has 2 aliphatic heterocycles. The zero-order valence-corrected chi connectivity index (χ0v) is 14.7. The number of hydrogen-bond donors (Lipinski definition) is 1. The highest BCUT2D eigenvalue weighted by Gasteiger charge is 2.50. The molecule has 136 valence electrons. The molecule has 5 nitrogen and oxygen atoms in total. The second-order valence-corrected chi connectivity index (χ2v) is 7.77. The third kappa shape index (κ3) is 3.71. The van der Waals surface area contributed by atoms with Gasteiger partial charge in [0.2, 0.25) is 5.91 Å². The number of carbonyl (C=O) groups excluding carboxylic acids is 1. The third-order valence-electron chi connectivity index (χ3n) is 5.56. The molecule has 0 radical (unpaired) electrons. The van der Waals surface area contributed by atoms with Gasteiger partial charge in [0, 0.05) is 39.8 Å². The van der Waals surface area contributed by atoms with Gasteiger partial charge in [-0.1, -0.05) is 12.1 Å². The van der Waals surface area contributed by atoms with Gasteiger partial charge in [-0.2, -0.15) is 0 Å². The molecule has 1 spiro atoms. The molecule has 1 aromatic carbocycles. The van der Waals surface area contributed by atoms with Crippen LogP contribution in [0.5, 0.6) is 0 Å². The lowest BCUT2D eigenvalue weighted by Gasteiger charge is -2.55. The summed E-state index contributed by atoms with van der Waals surface area (Å²) in [6.45, 7) is 4.84. The Balaban J connectivity index is 1.35. The number of amides is 1. The van der Waals surface area contributed by atoms with Gasteiger partial charge in [0.05, 0.1) is 6.61 Å². The number of nitrogens with one attached hydrogen (secondary N) is 1. The van der Waals surface area contributed by atoms with Crippen molar-refractivity contribution >= 4 is 5.91 Å². The number of carbonyl (C=O) groups is 1. The van der Waals surface area contributed by atoms with Crippen molar-refractivity contribution in [1.82, 2.24) is 15.1 Å². The number of likely N-dealkylation sites (N-methyl/N-ethyl adjacent to an activating group) is 1. The summed E-state index contributed by atoms with van der Waals surface area (Å²) in [5.41, 5.74) is 0.963. The smallest absolute Gasteiger partial charge is 0.239 e. The predicted molar refractivity (Wildman–Crippen MR) is 92.5 cm³/mol. The lowest BCUT2D eigenvalue weighted by molar-refractivity contribution is -0.203. The maximum Gasteiger partial charge on any atom is 0.239 e. The molecule has 1 amide bonds. The Labute approximate surface area is 148 Å². The SMILES string of the molecule is CNC(=O)[C@H]1COC2(CN(Cc3ccc(F)cc3)C2)CN1CC1CC1. The highest BCUT2D eigenvalue weighted by atomic mass is 19.1. The standard InChI is InChI=1S/C19H26FN3O2/c1-21-18(24)17-10-25-19(13-23(17)9-15-2-3-15)11-22(12-19)8-14-4-6-16(20)7-5-14/h4-7,15,17H,2-3,8-13H2,1H3,(H,21,24)/t17-/m1/s1. The van der Waals surface area contributed by atoms with Crippen molar-refractivity contribution in [1.29, 1.82) is 0 Å². The average Bonchev–Trinajstić information content (AvgIpc) is 3.39. The summed E-state index contributed by atoms with van der Waals surface area (Å²) in [5.74, 6) is 0.603. The normalized spacial score (nSPS) is 26.4. The van der Waals surface area contributed by atoms with Crippen molar-refractivity contribution < 1.29 is 13.9 Å². The highest BCUT2D eigenvalue weighted by molar-refractivity contribution is 5.81. The summed E-state index contributed by atoms with van der Waals surface area (Å²) in [4.78, 5) is 16.8. The quantitative estimate of drug-likeness (QED) is 0.870. The topological polar surface area (TPSA) is 44.8 Å². The van der Waals surface area contributed by atoms with E-state index in [4.69, 9.17) is 4.74 Å². The number of likely N-dealkylation sites (tertiary alicyclic amines) is 1. The van der Waals surface area contributed by atoms with Crippen LogP contribution >= 0.6 is 0 Å². The lowest BCUT2D eigenvalue weighted by atomic mass is 9.89. The molecule has 3 aliphatic rings. The molecule has 2 saturated heterocycles. The molecule has 0 unspecified atom stereocenters. The fourth-order valence-corrected chi connectivity index (χ4v) is 4.04. The Bertz CT molecular complexity index is 626. The van der Waals surface area contributed by atoms with Crippen LogP contribution in [0.4, 0.5) is 4.39 Å². The van der Waals surface area contributed by atoms with Crippen molar-refractivity contribution in [2.24, 2.45) is 5.92 Å². The van der Waals surface area contributed by atoms with E-state index in [0.29, 0.717) is 6.61 Å². The van der Waals surface area contributed by atoms with E-state index >= 15 is 0 Å². The van der Waals surface area contributed by atoms with Crippen LogP contribution in [0.3, 0.4) is 0 Å². The Hall–Kier alpha value is -1.50. The number of halogens is 1. The molecule has 1 saturated carbocycles. The highest BCUT2D eigenvalue weighted by Crippen LogP contribution is 2.36. The van der Waals surface area contributed by atoms with Crippen LogP contribution in [0.15, 0.2) is 24.3 Å². The van der Waals surface area contributed by atoms with Crippen LogP contribution in [-0.4, -0.2) is 67.2 Å². The van der Waals surface area contributed by atoms with Gasteiger partial charge in [0.1, 0.15) is 17.5 Å². The van der Waals surface area contributed by atoms with Gasteiger partial charge in [-0.15, -0.1) is 0 Å². The van der Waals surface area contributed by atoms with E-state index < -0.39 is 0 Å². The second kappa shape index (κ2) is 6.67. The number of hydrogen-bond acceptors (Lipinski definition) is 4. The zero-order valence-electron chi connectivity index (χ0n) is 14.7. The van der Waals surface area contributed by atoms with Gasteiger partial charge < -0.3 is 10.1 Å². The third-order valence-corrected chi connectivity index (χ3v) is 5.56. The average molecular weight is 347 g/mol. The first-order valence-corrected chi connectivity index (χ1v) is 9.13. The maximum absolute atomic E-state index is 13.0. The Morgan fingerprint density at radius 2 is 2.00 bits per heavy atom. The molecule has 1 aromatic rings. The van der Waals surface area contributed by atoms with Crippen LogP contribution in [0.25, 0.3) is 0 Å². The van der Waals surface area contributed by atoms with E-state index in [1.165, 1.54) is 25.0 Å². The predicted octanol–water partition coefficient (Wildman–Crippen LogP) is 1.24. The van der Waals surface area contributed by atoms with Crippen molar-refractivity contribution in [3.8, 4) is 0 Å². The molecule has 6 heteroatoms. The van der Waals surface area contributed by atoms with Crippen LogP contribution in [0.2, 0.25) is 0 Å². The van der Waals surface area contributed by atoms with Gasteiger partial charge >= 0.3 is 0 Å². The molecule has 25 heavy (non-hydrogen) atoms. The Kier molecular flexibility index (Phi) is 4.52. The molecule has 1 N–H and O–H groups in total. The monoisotopic (exact) mass is 347 g/mol. The number of rotatable bonds is 5. The molecular formula is C19H26FN3O2. The van der Waals surface area contributed by atoms with Crippen LogP contribution in [0.1, 0.15) is 18.4 Å². The number of nitrogens with zero attached hydrogens (tertiary/aromatic N) is 2. The maximum atomic E-state index is 13.0. The first-order chi connectivity index (χ1) is 12.1. The number of ether oxygens (including phenoxy) is 1. The van der Waals surface area contributed by atoms with Crippen LogP contribution in [-0.2, 0) is 16.1 Å². The molecule has 0 bridgehead atoms. The van der Waals surface area contributed by atoms with E-state index in [9.17, 15) is 9.18 Å². The van der Waals surface area contributed by atoms with Gasteiger partial charge in [0.15, 0.2) is 0 Å². The Morgan fingerprint density at radius 3 is 2.64 bits per heavy atom. The van der Waals surface area contributed by atoms with Crippen LogP contribution in [0, 0.1) is 11.7 Å². The van der Waals surface area contributed by atoms with Crippen molar-refractivity contribution in [3.63, 3.8) is 0 Å².